The molecule has 0 bridgehead atoms. The Labute approximate surface area is 116 Å². The lowest BCUT2D eigenvalue weighted by Crippen LogP contribution is -2.00. The Morgan fingerprint density at radius 3 is 2.47 bits per heavy atom. The number of hydrogen-bond donors (Lipinski definition) is 1. The molecule has 0 spiro atoms. The summed E-state index contributed by atoms with van der Waals surface area (Å²) in [5.74, 6) is -0.189. The maximum atomic E-state index is 11.1. The molecule has 0 aliphatic heterocycles. The molecule has 98 valence electrons. The summed E-state index contributed by atoms with van der Waals surface area (Å²) in [6.45, 7) is 2.07. The van der Waals surface area contributed by atoms with E-state index >= 15 is 0 Å². The highest BCUT2D eigenvalue weighted by Crippen LogP contribution is 2.28. The molecule has 0 fully saturated rings. The highest BCUT2D eigenvalue weighted by Gasteiger charge is 2.12. The monoisotopic (exact) mass is 276 g/mol. The second-order valence-electron chi connectivity index (χ2n) is 4.05. The lowest BCUT2D eigenvalue weighted by atomic mass is 10.1. The maximum Gasteiger partial charge on any atom is 0.339 e. The van der Waals surface area contributed by atoms with Crippen molar-refractivity contribution in [3.05, 3.63) is 58.6 Å². The number of rotatable bonds is 4. The van der Waals surface area contributed by atoms with Crippen LogP contribution in [0, 0.1) is 0 Å². The molecule has 2 aromatic carbocycles. The van der Waals surface area contributed by atoms with Crippen molar-refractivity contribution in [3.8, 4) is 11.5 Å². The number of ether oxygens (including phenoxy) is 1. The Morgan fingerprint density at radius 1 is 1.21 bits per heavy atom. The average molecular weight is 277 g/mol. The summed E-state index contributed by atoms with van der Waals surface area (Å²) in [6, 6.07) is 12.1. The van der Waals surface area contributed by atoms with E-state index in [-0.39, 0.29) is 11.3 Å². The molecule has 0 aliphatic rings. The molecular weight excluding hydrogens is 264 g/mol. The van der Waals surface area contributed by atoms with E-state index in [1.54, 1.807) is 12.1 Å². The van der Waals surface area contributed by atoms with Crippen molar-refractivity contribution in [2.75, 3.05) is 0 Å². The summed E-state index contributed by atoms with van der Waals surface area (Å²) in [5, 5.41) is 9.48. The number of aromatic carboxylic acids is 1. The second kappa shape index (κ2) is 5.76. The number of hydrogen-bond acceptors (Lipinski definition) is 2. The average Bonchev–Trinajstić information content (AvgIpc) is 2.41. The minimum Gasteiger partial charge on any atom is -0.478 e. The summed E-state index contributed by atoms with van der Waals surface area (Å²) in [5.41, 5.74) is 1.24. The van der Waals surface area contributed by atoms with Gasteiger partial charge in [0.2, 0.25) is 0 Å². The van der Waals surface area contributed by atoms with E-state index in [1.165, 1.54) is 11.6 Å². The van der Waals surface area contributed by atoms with Crippen molar-refractivity contribution >= 4 is 17.6 Å². The van der Waals surface area contributed by atoms with E-state index < -0.39 is 5.97 Å². The van der Waals surface area contributed by atoms with Gasteiger partial charge in [0.1, 0.15) is 17.1 Å². The molecule has 2 rings (SSSR count). The van der Waals surface area contributed by atoms with Gasteiger partial charge in [0, 0.05) is 5.02 Å². The van der Waals surface area contributed by atoms with Crippen molar-refractivity contribution in [2.24, 2.45) is 0 Å². The summed E-state index contributed by atoms with van der Waals surface area (Å²) >= 11 is 5.78. The van der Waals surface area contributed by atoms with Crippen LogP contribution in [0.2, 0.25) is 5.02 Å². The number of carbonyl (C=O) groups is 1. The van der Waals surface area contributed by atoms with Gasteiger partial charge in [0.05, 0.1) is 0 Å². The van der Waals surface area contributed by atoms with Crippen molar-refractivity contribution < 1.29 is 14.6 Å². The van der Waals surface area contributed by atoms with Gasteiger partial charge in [0.15, 0.2) is 0 Å². The van der Waals surface area contributed by atoms with Crippen LogP contribution in [-0.4, -0.2) is 11.1 Å². The number of aryl methyl sites for hydroxylation is 1. The molecule has 0 aliphatic carbocycles. The Kier molecular flexibility index (Phi) is 4.07. The summed E-state index contributed by atoms with van der Waals surface area (Å²) in [6.07, 6.45) is 0.946. The molecule has 0 amide bonds. The van der Waals surface area contributed by atoms with Crippen LogP contribution in [0.5, 0.6) is 11.5 Å². The third kappa shape index (κ3) is 3.26. The molecule has 0 saturated carbocycles. The minimum atomic E-state index is -1.07. The molecule has 0 radical (unpaired) electrons. The molecule has 1 N–H and O–H groups in total. The topological polar surface area (TPSA) is 46.5 Å². The zero-order chi connectivity index (χ0) is 13.8. The van der Waals surface area contributed by atoms with E-state index in [0.717, 1.165) is 6.42 Å². The van der Waals surface area contributed by atoms with Crippen molar-refractivity contribution in [2.45, 2.75) is 13.3 Å². The van der Waals surface area contributed by atoms with Crippen LogP contribution < -0.4 is 4.74 Å². The molecule has 0 unspecified atom stereocenters. The zero-order valence-electron chi connectivity index (χ0n) is 10.4. The van der Waals surface area contributed by atoms with Crippen LogP contribution in [-0.2, 0) is 6.42 Å². The Morgan fingerprint density at radius 2 is 1.89 bits per heavy atom. The fraction of sp³-hybridized carbons (Fsp3) is 0.133. The molecule has 0 saturated heterocycles. The fourth-order valence-corrected chi connectivity index (χ4v) is 1.85. The van der Waals surface area contributed by atoms with Gasteiger partial charge >= 0.3 is 5.97 Å². The van der Waals surface area contributed by atoms with E-state index in [2.05, 4.69) is 6.92 Å². The van der Waals surface area contributed by atoms with Gasteiger partial charge < -0.3 is 9.84 Å². The van der Waals surface area contributed by atoms with Crippen LogP contribution in [0.3, 0.4) is 0 Å². The Bertz CT molecular complexity index is 591. The predicted molar refractivity (Wildman–Crippen MR) is 74.3 cm³/mol. The fourth-order valence-electron chi connectivity index (χ4n) is 1.68. The van der Waals surface area contributed by atoms with Crippen LogP contribution in [0.15, 0.2) is 42.5 Å². The van der Waals surface area contributed by atoms with E-state index in [1.807, 2.05) is 24.3 Å². The van der Waals surface area contributed by atoms with Crippen LogP contribution in [0.1, 0.15) is 22.8 Å². The number of carboxylic acid groups (broad SMARTS) is 1. The second-order valence-corrected chi connectivity index (χ2v) is 4.48. The summed E-state index contributed by atoms with van der Waals surface area (Å²) in [4.78, 5) is 11.1. The van der Waals surface area contributed by atoms with Crippen LogP contribution in [0.25, 0.3) is 0 Å². The SMILES string of the molecule is CCc1ccc(Oc2ccc(Cl)cc2C(=O)O)cc1. The number of benzene rings is 2. The first-order valence-corrected chi connectivity index (χ1v) is 6.27. The van der Waals surface area contributed by atoms with Crippen molar-refractivity contribution in [1.82, 2.24) is 0 Å². The molecule has 19 heavy (non-hydrogen) atoms. The third-order valence-corrected chi connectivity index (χ3v) is 2.97. The molecule has 0 aromatic heterocycles. The molecule has 0 heterocycles. The first-order chi connectivity index (χ1) is 9.10. The molecule has 0 atom stereocenters. The smallest absolute Gasteiger partial charge is 0.339 e. The molecule has 3 nitrogen and oxygen atoms in total. The molecule has 2 aromatic rings. The largest absolute Gasteiger partial charge is 0.478 e. The first-order valence-electron chi connectivity index (χ1n) is 5.90. The lowest BCUT2D eigenvalue weighted by Gasteiger charge is -2.09. The third-order valence-electron chi connectivity index (χ3n) is 2.73. The van der Waals surface area contributed by atoms with E-state index in [9.17, 15) is 4.79 Å². The Hall–Kier alpha value is -2.00. The standard InChI is InChI=1S/C15H13ClO3/c1-2-10-3-6-12(7-4-10)19-14-8-5-11(16)9-13(14)15(17)18/h3-9H,2H2,1H3,(H,17,18). The van der Waals surface area contributed by atoms with Gasteiger partial charge in [-0.25, -0.2) is 4.79 Å². The van der Waals surface area contributed by atoms with Crippen LogP contribution >= 0.6 is 11.6 Å². The predicted octanol–water partition coefficient (Wildman–Crippen LogP) is 4.39. The Balaban J connectivity index is 2.29. The number of halogens is 1. The lowest BCUT2D eigenvalue weighted by molar-refractivity contribution is 0.0694. The summed E-state index contributed by atoms with van der Waals surface area (Å²) in [7, 11) is 0. The van der Waals surface area contributed by atoms with Crippen molar-refractivity contribution in [3.63, 3.8) is 0 Å². The quantitative estimate of drug-likeness (QED) is 0.901. The first kappa shape index (κ1) is 13.4. The maximum absolute atomic E-state index is 11.1. The van der Waals surface area contributed by atoms with Crippen molar-refractivity contribution in [1.29, 1.82) is 0 Å². The van der Waals surface area contributed by atoms with E-state index in [4.69, 9.17) is 21.4 Å². The molecule has 4 heteroatoms. The van der Waals surface area contributed by atoms with Gasteiger partial charge in [-0.1, -0.05) is 30.7 Å². The highest BCUT2D eigenvalue weighted by atomic mass is 35.5. The zero-order valence-corrected chi connectivity index (χ0v) is 11.1. The number of carboxylic acids is 1. The van der Waals surface area contributed by atoms with Gasteiger partial charge in [-0.15, -0.1) is 0 Å². The highest BCUT2D eigenvalue weighted by molar-refractivity contribution is 6.31. The van der Waals surface area contributed by atoms with Gasteiger partial charge in [0.25, 0.3) is 0 Å². The van der Waals surface area contributed by atoms with Crippen LogP contribution in [0.4, 0.5) is 0 Å². The molecular formula is C15H13ClO3. The van der Waals surface area contributed by atoms with Gasteiger partial charge in [-0.3, -0.25) is 0 Å². The van der Waals surface area contributed by atoms with E-state index in [0.29, 0.717) is 10.8 Å². The van der Waals surface area contributed by atoms with Gasteiger partial charge in [-0.05, 0) is 42.3 Å². The van der Waals surface area contributed by atoms with Gasteiger partial charge in [-0.2, -0.15) is 0 Å². The summed E-state index contributed by atoms with van der Waals surface area (Å²) < 4.78 is 5.59. The minimum absolute atomic E-state index is 0.0482. The normalized spacial score (nSPS) is 10.2.